The summed E-state index contributed by atoms with van der Waals surface area (Å²) in [5.74, 6) is -0.678. The summed E-state index contributed by atoms with van der Waals surface area (Å²) in [7, 11) is 0. The van der Waals surface area contributed by atoms with Gasteiger partial charge in [-0.05, 0) is 13.0 Å². The summed E-state index contributed by atoms with van der Waals surface area (Å²) in [4.78, 5) is 0. The minimum Gasteiger partial charge on any atom is -0.386 e. The smallest absolute Gasteiger partial charge is 0.386 e. The van der Waals surface area contributed by atoms with Gasteiger partial charge < -0.3 is 9.84 Å². The minimum atomic E-state index is -4.49. The maximum Gasteiger partial charge on any atom is 0.414 e. The first kappa shape index (κ1) is 13.9. The SMILES string of the molecule is CC(OCC(O)c1ccccc1F)C(F)(F)F. The van der Waals surface area contributed by atoms with Crippen molar-refractivity contribution in [2.24, 2.45) is 0 Å². The van der Waals surface area contributed by atoms with Crippen LogP contribution in [0.4, 0.5) is 17.6 Å². The number of hydrogen-bond donors (Lipinski definition) is 1. The molecule has 1 N–H and O–H groups in total. The van der Waals surface area contributed by atoms with E-state index in [1.54, 1.807) is 0 Å². The molecule has 0 aliphatic heterocycles. The minimum absolute atomic E-state index is 0.0816. The zero-order chi connectivity index (χ0) is 13.1. The van der Waals surface area contributed by atoms with E-state index in [-0.39, 0.29) is 5.56 Å². The zero-order valence-electron chi connectivity index (χ0n) is 9.04. The van der Waals surface area contributed by atoms with Crippen molar-refractivity contribution in [1.29, 1.82) is 0 Å². The molecule has 96 valence electrons. The number of hydrogen-bond acceptors (Lipinski definition) is 2. The molecule has 1 aromatic rings. The average molecular weight is 252 g/mol. The van der Waals surface area contributed by atoms with Gasteiger partial charge in [-0.15, -0.1) is 0 Å². The Hall–Kier alpha value is -1.14. The van der Waals surface area contributed by atoms with E-state index >= 15 is 0 Å². The van der Waals surface area contributed by atoms with Crippen LogP contribution >= 0.6 is 0 Å². The van der Waals surface area contributed by atoms with Crippen LogP contribution in [0.2, 0.25) is 0 Å². The molecule has 6 heteroatoms. The summed E-state index contributed by atoms with van der Waals surface area (Å²) in [5, 5.41) is 9.48. The summed E-state index contributed by atoms with van der Waals surface area (Å²) >= 11 is 0. The van der Waals surface area contributed by atoms with E-state index in [1.165, 1.54) is 18.2 Å². The highest BCUT2D eigenvalue weighted by Gasteiger charge is 2.37. The second kappa shape index (κ2) is 5.46. The molecule has 0 heterocycles. The molecule has 1 rings (SSSR count). The van der Waals surface area contributed by atoms with E-state index in [1.807, 2.05) is 0 Å². The number of ether oxygens (including phenoxy) is 1. The molecule has 0 radical (unpaired) electrons. The van der Waals surface area contributed by atoms with Crippen LogP contribution in [0.15, 0.2) is 24.3 Å². The van der Waals surface area contributed by atoms with Gasteiger partial charge in [-0.1, -0.05) is 18.2 Å². The summed E-state index contributed by atoms with van der Waals surface area (Å²) in [6.07, 6.45) is -7.90. The van der Waals surface area contributed by atoms with Gasteiger partial charge in [-0.25, -0.2) is 4.39 Å². The van der Waals surface area contributed by atoms with Crippen molar-refractivity contribution < 1.29 is 27.4 Å². The van der Waals surface area contributed by atoms with E-state index < -0.39 is 30.8 Å². The van der Waals surface area contributed by atoms with Crippen LogP contribution in [0.3, 0.4) is 0 Å². The van der Waals surface area contributed by atoms with Crippen molar-refractivity contribution >= 4 is 0 Å². The maximum atomic E-state index is 13.2. The van der Waals surface area contributed by atoms with Gasteiger partial charge in [0.05, 0.1) is 6.61 Å². The lowest BCUT2D eigenvalue weighted by molar-refractivity contribution is -0.219. The summed E-state index contributed by atoms with van der Waals surface area (Å²) in [6.45, 7) is 0.218. The van der Waals surface area contributed by atoms with Crippen LogP contribution in [0.5, 0.6) is 0 Å². The topological polar surface area (TPSA) is 29.5 Å². The van der Waals surface area contributed by atoms with Crippen LogP contribution in [0.1, 0.15) is 18.6 Å². The second-order valence-corrected chi connectivity index (χ2v) is 3.55. The molecular formula is C11H12F4O2. The summed E-state index contributed by atoms with van der Waals surface area (Å²) in [5.41, 5.74) is -0.0816. The van der Waals surface area contributed by atoms with Gasteiger partial charge in [0.1, 0.15) is 11.9 Å². The molecule has 0 aliphatic rings. The Morgan fingerprint density at radius 3 is 2.41 bits per heavy atom. The first-order chi connectivity index (χ1) is 7.82. The Morgan fingerprint density at radius 1 is 1.29 bits per heavy atom. The summed E-state index contributed by atoms with van der Waals surface area (Å²) in [6, 6.07) is 5.31. The largest absolute Gasteiger partial charge is 0.414 e. The Balaban J connectivity index is 2.57. The molecule has 0 amide bonds. The van der Waals surface area contributed by atoms with Crippen LogP contribution in [0, 0.1) is 5.82 Å². The highest BCUT2D eigenvalue weighted by atomic mass is 19.4. The fraction of sp³-hybridized carbons (Fsp3) is 0.455. The van der Waals surface area contributed by atoms with Gasteiger partial charge in [0.15, 0.2) is 6.10 Å². The lowest BCUT2D eigenvalue weighted by atomic mass is 10.1. The number of halogens is 4. The average Bonchev–Trinajstić information content (AvgIpc) is 2.24. The molecule has 2 unspecified atom stereocenters. The van der Waals surface area contributed by atoms with Gasteiger partial charge in [0, 0.05) is 5.56 Å². The van der Waals surface area contributed by atoms with Gasteiger partial charge in [0.25, 0.3) is 0 Å². The Kier molecular flexibility index (Phi) is 4.47. The number of aliphatic hydroxyl groups excluding tert-OH is 1. The summed E-state index contributed by atoms with van der Waals surface area (Å²) < 4.78 is 53.9. The molecule has 0 aliphatic carbocycles. The van der Waals surface area contributed by atoms with Crippen molar-refractivity contribution in [2.75, 3.05) is 6.61 Å². The molecule has 17 heavy (non-hydrogen) atoms. The lowest BCUT2D eigenvalue weighted by Crippen LogP contribution is -2.30. The highest BCUT2D eigenvalue weighted by molar-refractivity contribution is 5.19. The number of rotatable bonds is 4. The molecule has 0 aromatic heterocycles. The standard InChI is InChI=1S/C11H12F4O2/c1-7(11(13,14)15)17-6-10(16)8-4-2-3-5-9(8)12/h2-5,7,10,16H,6H2,1H3. The van der Waals surface area contributed by atoms with Crippen LogP contribution in [-0.4, -0.2) is 24.0 Å². The molecule has 2 nitrogen and oxygen atoms in total. The van der Waals surface area contributed by atoms with Crippen molar-refractivity contribution in [3.8, 4) is 0 Å². The molecule has 0 saturated carbocycles. The monoisotopic (exact) mass is 252 g/mol. The van der Waals surface area contributed by atoms with E-state index in [2.05, 4.69) is 4.74 Å². The zero-order valence-corrected chi connectivity index (χ0v) is 9.04. The molecule has 0 spiro atoms. The van der Waals surface area contributed by atoms with E-state index in [0.717, 1.165) is 13.0 Å². The second-order valence-electron chi connectivity index (χ2n) is 3.55. The first-order valence-electron chi connectivity index (χ1n) is 4.93. The lowest BCUT2D eigenvalue weighted by Gasteiger charge is -2.19. The number of benzene rings is 1. The van der Waals surface area contributed by atoms with Gasteiger partial charge in [-0.3, -0.25) is 0 Å². The third kappa shape index (κ3) is 3.98. The molecule has 2 atom stereocenters. The van der Waals surface area contributed by atoms with E-state index in [0.29, 0.717) is 0 Å². The maximum absolute atomic E-state index is 13.2. The Labute approximate surface area is 95.8 Å². The fourth-order valence-corrected chi connectivity index (χ4v) is 1.17. The van der Waals surface area contributed by atoms with Crippen molar-refractivity contribution in [3.63, 3.8) is 0 Å². The van der Waals surface area contributed by atoms with Crippen molar-refractivity contribution in [3.05, 3.63) is 35.6 Å². The van der Waals surface area contributed by atoms with E-state index in [9.17, 15) is 22.7 Å². The molecular weight excluding hydrogens is 240 g/mol. The number of aliphatic hydroxyl groups is 1. The first-order valence-corrected chi connectivity index (χ1v) is 4.93. The van der Waals surface area contributed by atoms with Gasteiger partial charge >= 0.3 is 6.18 Å². The fourth-order valence-electron chi connectivity index (χ4n) is 1.17. The quantitative estimate of drug-likeness (QED) is 0.835. The Bertz CT molecular complexity index is 365. The van der Waals surface area contributed by atoms with Crippen LogP contribution < -0.4 is 0 Å². The van der Waals surface area contributed by atoms with Crippen LogP contribution in [-0.2, 0) is 4.74 Å². The molecule has 1 aromatic carbocycles. The third-order valence-electron chi connectivity index (χ3n) is 2.23. The van der Waals surface area contributed by atoms with Crippen molar-refractivity contribution in [2.45, 2.75) is 25.3 Å². The van der Waals surface area contributed by atoms with Gasteiger partial charge in [-0.2, -0.15) is 13.2 Å². The van der Waals surface area contributed by atoms with E-state index in [4.69, 9.17) is 0 Å². The molecule has 0 fully saturated rings. The van der Waals surface area contributed by atoms with Crippen LogP contribution in [0.25, 0.3) is 0 Å². The highest BCUT2D eigenvalue weighted by Crippen LogP contribution is 2.24. The Morgan fingerprint density at radius 2 is 1.88 bits per heavy atom. The van der Waals surface area contributed by atoms with Gasteiger partial charge in [0.2, 0.25) is 0 Å². The molecule has 0 saturated heterocycles. The predicted molar refractivity (Wildman–Crippen MR) is 52.8 cm³/mol. The number of alkyl halides is 3. The molecule has 0 bridgehead atoms. The predicted octanol–water partition coefficient (Wildman–Crippen LogP) is 2.83. The third-order valence-corrected chi connectivity index (χ3v) is 2.23. The normalized spacial score (nSPS) is 15.6. The van der Waals surface area contributed by atoms with Crippen molar-refractivity contribution in [1.82, 2.24) is 0 Å².